The van der Waals surface area contributed by atoms with Crippen LogP contribution in [-0.4, -0.2) is 46.3 Å². The zero-order valence-corrected chi connectivity index (χ0v) is 16.1. The van der Waals surface area contributed by atoms with Crippen molar-refractivity contribution in [1.29, 1.82) is 0 Å². The van der Waals surface area contributed by atoms with Crippen molar-refractivity contribution in [3.8, 4) is 17.0 Å². The zero-order chi connectivity index (χ0) is 20.8. The van der Waals surface area contributed by atoms with Crippen molar-refractivity contribution < 1.29 is 22.7 Å². The molecule has 0 saturated carbocycles. The molecule has 0 aliphatic carbocycles. The van der Waals surface area contributed by atoms with Gasteiger partial charge in [-0.2, -0.15) is 0 Å². The van der Waals surface area contributed by atoms with Gasteiger partial charge in [0.2, 0.25) is 5.91 Å². The van der Waals surface area contributed by atoms with E-state index >= 15 is 0 Å². The minimum absolute atomic E-state index is 0.0878. The predicted molar refractivity (Wildman–Crippen MR) is 99.0 cm³/mol. The van der Waals surface area contributed by atoms with E-state index in [4.69, 9.17) is 0 Å². The monoisotopic (exact) mass is 406 g/mol. The summed E-state index contributed by atoms with van der Waals surface area (Å²) in [4.78, 5) is 23.4. The fourth-order valence-corrected chi connectivity index (χ4v) is 4.11. The van der Waals surface area contributed by atoms with E-state index in [9.17, 15) is 18.0 Å². The van der Waals surface area contributed by atoms with Gasteiger partial charge in [0.05, 0.1) is 11.7 Å². The van der Waals surface area contributed by atoms with E-state index in [1.165, 1.54) is 18.2 Å². The normalized spacial score (nSPS) is 24.5. The Labute approximate surface area is 166 Å². The standard InChI is InChI=1S/C20H21F3N4O2/c1-12-10-16(13-4-3-5-14(11-13)29-20(21,22)23)25-17(24-12)15-6-7-19(26-15)8-9-27(2)18(19)28/h3-5,10-11,15,26H,6-9H2,1-2H3/t15-,19+/m1/s1. The molecule has 29 heavy (non-hydrogen) atoms. The molecule has 2 atom stereocenters. The lowest BCUT2D eigenvalue weighted by atomic mass is 9.96. The molecule has 1 spiro atoms. The number of likely N-dealkylation sites (N-methyl/N-ethyl adjacent to an activating group) is 1. The third kappa shape index (κ3) is 3.91. The number of nitrogens with zero attached hydrogens (tertiary/aromatic N) is 3. The lowest BCUT2D eigenvalue weighted by Crippen LogP contribution is -2.47. The van der Waals surface area contributed by atoms with Crippen LogP contribution in [-0.2, 0) is 4.79 Å². The van der Waals surface area contributed by atoms with Crippen LogP contribution in [0.5, 0.6) is 5.75 Å². The molecule has 1 aromatic heterocycles. The third-order valence-corrected chi connectivity index (χ3v) is 5.49. The number of aryl methyl sites for hydroxylation is 1. The van der Waals surface area contributed by atoms with Crippen LogP contribution in [0.15, 0.2) is 30.3 Å². The van der Waals surface area contributed by atoms with Crippen molar-refractivity contribution >= 4 is 5.91 Å². The number of nitrogens with one attached hydrogen (secondary N) is 1. The topological polar surface area (TPSA) is 67.3 Å². The van der Waals surface area contributed by atoms with Gasteiger partial charge in [-0.05, 0) is 44.4 Å². The lowest BCUT2D eigenvalue weighted by Gasteiger charge is -2.23. The van der Waals surface area contributed by atoms with Crippen molar-refractivity contribution in [2.24, 2.45) is 0 Å². The summed E-state index contributed by atoms with van der Waals surface area (Å²) in [5.41, 5.74) is 1.15. The first kappa shape index (κ1) is 19.6. The minimum atomic E-state index is -4.76. The highest BCUT2D eigenvalue weighted by atomic mass is 19.4. The number of carbonyl (C=O) groups excluding carboxylic acids is 1. The Bertz CT molecular complexity index is 950. The maximum Gasteiger partial charge on any atom is 0.573 e. The number of ether oxygens (including phenoxy) is 1. The van der Waals surface area contributed by atoms with Crippen molar-refractivity contribution in [2.45, 2.75) is 44.1 Å². The summed E-state index contributed by atoms with van der Waals surface area (Å²) in [5, 5.41) is 3.42. The number of halogens is 3. The summed E-state index contributed by atoms with van der Waals surface area (Å²) in [5.74, 6) is 0.330. The molecular formula is C20H21F3N4O2. The molecule has 2 aromatic rings. The number of hydrogen-bond donors (Lipinski definition) is 1. The summed E-state index contributed by atoms with van der Waals surface area (Å²) in [6.07, 6.45) is -2.58. The van der Waals surface area contributed by atoms with Gasteiger partial charge in [0, 0.05) is 24.8 Å². The van der Waals surface area contributed by atoms with E-state index in [0.29, 0.717) is 35.7 Å². The van der Waals surface area contributed by atoms with Crippen LogP contribution in [0, 0.1) is 6.92 Å². The SMILES string of the molecule is Cc1cc(-c2cccc(OC(F)(F)F)c2)nc([C@H]2CC[C@@]3(CCN(C)C3=O)N2)n1. The summed E-state index contributed by atoms with van der Waals surface area (Å²) in [6, 6.07) is 7.25. The lowest BCUT2D eigenvalue weighted by molar-refractivity contribution is -0.274. The van der Waals surface area contributed by atoms with Crippen LogP contribution in [0.4, 0.5) is 13.2 Å². The second kappa shape index (κ2) is 6.98. The van der Waals surface area contributed by atoms with E-state index < -0.39 is 11.9 Å². The van der Waals surface area contributed by atoms with Gasteiger partial charge in [-0.1, -0.05) is 12.1 Å². The molecular weight excluding hydrogens is 385 g/mol. The van der Waals surface area contributed by atoms with Crippen molar-refractivity contribution in [2.75, 3.05) is 13.6 Å². The molecule has 0 bridgehead atoms. The Morgan fingerprint density at radius 2 is 2.03 bits per heavy atom. The van der Waals surface area contributed by atoms with Gasteiger partial charge in [0.1, 0.15) is 17.1 Å². The van der Waals surface area contributed by atoms with Crippen LogP contribution >= 0.6 is 0 Å². The number of benzene rings is 1. The van der Waals surface area contributed by atoms with Gasteiger partial charge in [-0.25, -0.2) is 9.97 Å². The van der Waals surface area contributed by atoms with E-state index in [1.54, 1.807) is 24.1 Å². The molecule has 4 rings (SSSR count). The second-order valence-corrected chi connectivity index (χ2v) is 7.62. The number of hydrogen-bond acceptors (Lipinski definition) is 5. The fourth-order valence-electron chi connectivity index (χ4n) is 4.11. The third-order valence-electron chi connectivity index (χ3n) is 5.49. The molecule has 1 N–H and O–H groups in total. The first-order valence-corrected chi connectivity index (χ1v) is 9.40. The van der Waals surface area contributed by atoms with Gasteiger partial charge in [0.15, 0.2) is 0 Å². The highest BCUT2D eigenvalue weighted by Gasteiger charge is 2.50. The zero-order valence-electron chi connectivity index (χ0n) is 16.1. The molecule has 3 heterocycles. The molecule has 0 unspecified atom stereocenters. The smallest absolute Gasteiger partial charge is 0.406 e. The van der Waals surface area contributed by atoms with Crippen LogP contribution in [0.25, 0.3) is 11.3 Å². The Morgan fingerprint density at radius 3 is 2.72 bits per heavy atom. The largest absolute Gasteiger partial charge is 0.573 e. The highest BCUT2D eigenvalue weighted by Crippen LogP contribution is 2.38. The Morgan fingerprint density at radius 1 is 1.24 bits per heavy atom. The van der Waals surface area contributed by atoms with Crippen LogP contribution in [0.3, 0.4) is 0 Å². The molecule has 0 radical (unpaired) electrons. The number of aromatic nitrogens is 2. The molecule has 1 aromatic carbocycles. The molecule has 2 saturated heterocycles. The van der Waals surface area contributed by atoms with Gasteiger partial charge in [-0.15, -0.1) is 13.2 Å². The average Bonchev–Trinajstić information content (AvgIpc) is 3.20. The van der Waals surface area contributed by atoms with Crippen molar-refractivity contribution in [3.63, 3.8) is 0 Å². The number of likely N-dealkylation sites (tertiary alicyclic amines) is 1. The van der Waals surface area contributed by atoms with Crippen molar-refractivity contribution in [1.82, 2.24) is 20.2 Å². The molecule has 2 aliphatic heterocycles. The Hall–Kier alpha value is -2.68. The van der Waals surface area contributed by atoms with E-state index in [2.05, 4.69) is 20.0 Å². The van der Waals surface area contributed by atoms with E-state index in [1.807, 2.05) is 6.92 Å². The molecule has 6 nitrogen and oxygen atoms in total. The molecule has 9 heteroatoms. The minimum Gasteiger partial charge on any atom is -0.406 e. The summed E-state index contributed by atoms with van der Waals surface area (Å²) < 4.78 is 41.6. The van der Waals surface area contributed by atoms with Crippen molar-refractivity contribution in [3.05, 3.63) is 41.9 Å². The quantitative estimate of drug-likeness (QED) is 0.847. The van der Waals surface area contributed by atoms with Gasteiger partial charge < -0.3 is 9.64 Å². The van der Waals surface area contributed by atoms with Gasteiger partial charge in [0.25, 0.3) is 0 Å². The summed E-state index contributed by atoms with van der Waals surface area (Å²) in [7, 11) is 1.80. The van der Waals surface area contributed by atoms with E-state index in [0.717, 1.165) is 12.8 Å². The Kier molecular flexibility index (Phi) is 4.72. The maximum absolute atomic E-state index is 12.5. The van der Waals surface area contributed by atoms with Crippen LogP contribution < -0.4 is 10.1 Å². The first-order valence-electron chi connectivity index (χ1n) is 9.40. The molecule has 2 fully saturated rings. The number of carbonyl (C=O) groups is 1. The second-order valence-electron chi connectivity index (χ2n) is 7.62. The van der Waals surface area contributed by atoms with Crippen LogP contribution in [0.2, 0.25) is 0 Å². The molecule has 1 amide bonds. The molecule has 154 valence electrons. The average molecular weight is 406 g/mol. The highest BCUT2D eigenvalue weighted by molar-refractivity contribution is 5.88. The maximum atomic E-state index is 12.5. The first-order chi connectivity index (χ1) is 13.7. The van der Waals surface area contributed by atoms with Gasteiger partial charge in [-0.3, -0.25) is 10.1 Å². The fraction of sp³-hybridized carbons (Fsp3) is 0.450. The van der Waals surface area contributed by atoms with Crippen LogP contribution in [0.1, 0.15) is 36.8 Å². The summed E-state index contributed by atoms with van der Waals surface area (Å²) in [6.45, 7) is 2.52. The van der Waals surface area contributed by atoms with Gasteiger partial charge >= 0.3 is 6.36 Å². The predicted octanol–water partition coefficient (Wildman–Crippen LogP) is 3.38. The number of alkyl halides is 3. The number of rotatable bonds is 3. The van der Waals surface area contributed by atoms with E-state index in [-0.39, 0.29) is 17.7 Å². The summed E-state index contributed by atoms with van der Waals surface area (Å²) >= 11 is 0. The molecule has 2 aliphatic rings. The number of amides is 1. The Balaban J connectivity index is 1.61.